The first-order chi connectivity index (χ1) is 51.7. The predicted octanol–water partition coefficient (Wildman–Crippen LogP) is 23.6. The summed E-state index contributed by atoms with van der Waals surface area (Å²) in [5.74, 6) is -2.36. The van der Waals surface area contributed by atoms with Crippen LogP contribution in [0.4, 0.5) is 0 Å². The van der Waals surface area contributed by atoms with Crippen LogP contribution in [0.25, 0.3) is 0 Å². The van der Waals surface area contributed by atoms with Crippen LogP contribution in [0.3, 0.4) is 0 Å². The standard InChI is InChI=1S/C87H140O17P2/c1-5-9-13-17-21-25-29-33-36-39-40-43-45-49-52-56-60-64-68-72-85(90)98-78-83(104-87(92)74-70-66-62-58-54-50-46-42-38-35-31-27-23-19-15-11-7-3)80-102-106(95,96)100-76-81(88)75-99-105(93,94)101-79-82(103-86(91)73-69-65-61-57-53-47-32-28-24-20-16-12-8-4)77-97-84(89)71-67-63-59-55-51-48-44-41-37-34-30-26-22-18-14-10-6-2/h9-11,13-15,21-23,25-27,33-38,40,43-44,46,48-50,52,55,58-59,62,81-83,88H,5-8,12,16-20,24,28-32,39,41-42,45,47,51,53-54,56-57,60-61,63-80H2,1-4H3,(H,93,94)(H,95,96)/b13-9-,14-10-,15-11-,25-21-,26-22-,27-23-,36-33-,37-34-,38-35-,43-40-,48-44-,50-46-,52-49-,59-55-,62-58-. The van der Waals surface area contributed by atoms with Crippen molar-refractivity contribution in [3.63, 3.8) is 0 Å². The van der Waals surface area contributed by atoms with E-state index in [4.69, 9.17) is 37.0 Å². The number of esters is 4. The molecule has 106 heavy (non-hydrogen) atoms. The van der Waals surface area contributed by atoms with Gasteiger partial charge >= 0.3 is 39.5 Å². The van der Waals surface area contributed by atoms with Gasteiger partial charge in [-0.25, -0.2) is 9.13 Å². The number of ether oxygens (including phenoxy) is 4. The zero-order valence-corrected chi connectivity index (χ0v) is 67.3. The lowest BCUT2D eigenvalue weighted by Crippen LogP contribution is -2.30. The monoisotopic (exact) mass is 1520 g/mol. The van der Waals surface area contributed by atoms with E-state index in [0.29, 0.717) is 38.5 Å². The van der Waals surface area contributed by atoms with Gasteiger partial charge in [-0.2, -0.15) is 0 Å². The first-order valence-corrected chi connectivity index (χ1v) is 43.0. The normalized spacial score (nSPS) is 14.8. The minimum absolute atomic E-state index is 0.000812. The van der Waals surface area contributed by atoms with Crippen molar-refractivity contribution in [1.29, 1.82) is 0 Å². The van der Waals surface area contributed by atoms with Crippen molar-refractivity contribution in [2.75, 3.05) is 39.6 Å². The summed E-state index contributed by atoms with van der Waals surface area (Å²) in [5, 5.41) is 10.6. The van der Waals surface area contributed by atoms with Crippen LogP contribution in [-0.2, 0) is 65.4 Å². The Balaban J connectivity index is 5.51. The van der Waals surface area contributed by atoms with Crippen LogP contribution in [0.5, 0.6) is 0 Å². The molecule has 0 saturated heterocycles. The maximum Gasteiger partial charge on any atom is 0.472 e. The molecule has 17 nitrogen and oxygen atoms in total. The minimum Gasteiger partial charge on any atom is -0.462 e. The van der Waals surface area contributed by atoms with Crippen LogP contribution in [-0.4, -0.2) is 96.7 Å². The van der Waals surface area contributed by atoms with E-state index in [1.807, 2.05) is 24.3 Å². The van der Waals surface area contributed by atoms with Gasteiger partial charge < -0.3 is 33.8 Å². The summed E-state index contributed by atoms with van der Waals surface area (Å²) < 4.78 is 68.5. The molecule has 0 amide bonds. The molecule has 0 heterocycles. The molecule has 600 valence electrons. The molecule has 0 fully saturated rings. The van der Waals surface area contributed by atoms with Gasteiger partial charge in [-0.05, 0) is 148 Å². The van der Waals surface area contributed by atoms with Crippen molar-refractivity contribution in [3.05, 3.63) is 182 Å². The Kier molecular flexibility index (Phi) is 73.1. The van der Waals surface area contributed by atoms with E-state index in [2.05, 4.69) is 186 Å². The summed E-state index contributed by atoms with van der Waals surface area (Å²) in [5.41, 5.74) is 0. The summed E-state index contributed by atoms with van der Waals surface area (Å²) in [7, 11) is -10.0. The first-order valence-electron chi connectivity index (χ1n) is 40.0. The summed E-state index contributed by atoms with van der Waals surface area (Å²) in [4.78, 5) is 73.0. The number of aliphatic hydroxyl groups excluding tert-OH is 1. The molecule has 0 aliphatic carbocycles. The van der Waals surface area contributed by atoms with E-state index in [1.54, 1.807) is 0 Å². The van der Waals surface area contributed by atoms with Crippen LogP contribution >= 0.6 is 15.6 Å². The van der Waals surface area contributed by atoms with Gasteiger partial charge in [0.15, 0.2) is 12.2 Å². The Morgan fingerprint density at radius 1 is 0.274 bits per heavy atom. The Hall–Kier alpha value is -5.84. The van der Waals surface area contributed by atoms with Crippen LogP contribution in [0, 0.1) is 0 Å². The number of unbranched alkanes of at least 4 members (excludes halogenated alkanes) is 17. The first kappa shape index (κ1) is 100. The summed E-state index contributed by atoms with van der Waals surface area (Å²) in [6.45, 7) is 4.35. The van der Waals surface area contributed by atoms with E-state index in [9.17, 15) is 43.2 Å². The van der Waals surface area contributed by atoms with Gasteiger partial charge in [-0.1, -0.05) is 293 Å². The van der Waals surface area contributed by atoms with Crippen molar-refractivity contribution >= 4 is 39.5 Å². The van der Waals surface area contributed by atoms with Gasteiger partial charge in [0.2, 0.25) is 0 Å². The average Bonchev–Trinajstić information content (AvgIpc) is 0.907. The van der Waals surface area contributed by atoms with Gasteiger partial charge in [-0.3, -0.25) is 37.3 Å². The largest absolute Gasteiger partial charge is 0.472 e. The fourth-order valence-corrected chi connectivity index (χ4v) is 11.5. The lowest BCUT2D eigenvalue weighted by atomic mass is 10.0. The smallest absolute Gasteiger partial charge is 0.462 e. The van der Waals surface area contributed by atoms with E-state index in [1.165, 1.54) is 51.4 Å². The number of allylic oxidation sites excluding steroid dienone is 30. The molecule has 0 spiro atoms. The van der Waals surface area contributed by atoms with Crippen molar-refractivity contribution in [2.24, 2.45) is 0 Å². The summed E-state index contributed by atoms with van der Waals surface area (Å²) >= 11 is 0. The Morgan fingerprint density at radius 3 is 0.802 bits per heavy atom. The predicted molar refractivity (Wildman–Crippen MR) is 436 cm³/mol. The number of carbonyl (C=O) groups is 4. The zero-order chi connectivity index (χ0) is 77.4. The molecule has 19 heteroatoms. The van der Waals surface area contributed by atoms with Crippen molar-refractivity contribution in [1.82, 2.24) is 0 Å². The van der Waals surface area contributed by atoms with Gasteiger partial charge in [0.25, 0.3) is 0 Å². The fourth-order valence-electron chi connectivity index (χ4n) is 9.91. The fraction of sp³-hybridized carbons (Fsp3) is 0.609. The lowest BCUT2D eigenvalue weighted by molar-refractivity contribution is -0.161. The third-order valence-corrected chi connectivity index (χ3v) is 17.8. The van der Waals surface area contributed by atoms with Crippen molar-refractivity contribution in [3.8, 4) is 0 Å². The van der Waals surface area contributed by atoms with Crippen LogP contribution in [0.2, 0.25) is 0 Å². The Labute approximate surface area is 641 Å². The number of phosphoric acid groups is 2. The molecular weight excluding hydrogens is 1380 g/mol. The molecule has 3 N–H and O–H groups in total. The summed E-state index contributed by atoms with van der Waals surface area (Å²) in [6.07, 6.45) is 93.2. The highest BCUT2D eigenvalue weighted by atomic mass is 31.2. The number of aliphatic hydroxyl groups is 1. The van der Waals surface area contributed by atoms with E-state index >= 15 is 0 Å². The molecule has 0 rings (SSSR count). The van der Waals surface area contributed by atoms with E-state index in [-0.39, 0.29) is 25.7 Å². The SMILES string of the molecule is CC/C=C\C/C=C\C/C=C\C/C=C\C/C=C\CCCCCC(=O)OCC(COP(=O)(O)OCC(O)COP(=O)(O)OCC(COC(=O)CCC/C=C\C/C=C\C/C=C\C/C=C\C/C=C\CC)OC(=O)CCCCCCCCCCCCCCC)OC(=O)CCC/C=C\C/C=C\C/C=C\C/C=C\C/C=C\CC. The number of phosphoric ester groups is 2. The number of carbonyl (C=O) groups excluding carboxylic acids is 4. The quantitative estimate of drug-likeness (QED) is 0.0169. The molecule has 0 saturated carbocycles. The molecule has 0 aliphatic rings. The molecule has 0 bridgehead atoms. The molecule has 0 aromatic carbocycles. The van der Waals surface area contributed by atoms with Crippen LogP contribution < -0.4 is 0 Å². The maximum atomic E-state index is 13.1. The van der Waals surface area contributed by atoms with Gasteiger partial charge in [0, 0.05) is 25.7 Å². The van der Waals surface area contributed by atoms with E-state index in [0.717, 1.165) is 141 Å². The molecular formula is C87H140O17P2. The number of hydrogen-bond acceptors (Lipinski definition) is 15. The van der Waals surface area contributed by atoms with Crippen LogP contribution in [0.15, 0.2) is 182 Å². The van der Waals surface area contributed by atoms with Crippen molar-refractivity contribution < 1.29 is 80.2 Å². The average molecular weight is 1520 g/mol. The highest BCUT2D eigenvalue weighted by Gasteiger charge is 2.30. The van der Waals surface area contributed by atoms with Gasteiger partial charge in [0.05, 0.1) is 26.4 Å². The molecule has 0 radical (unpaired) electrons. The second kappa shape index (κ2) is 77.3. The molecule has 5 atom stereocenters. The topological polar surface area (TPSA) is 237 Å². The zero-order valence-electron chi connectivity index (χ0n) is 65.5. The highest BCUT2D eigenvalue weighted by molar-refractivity contribution is 7.47. The third kappa shape index (κ3) is 76.4. The van der Waals surface area contributed by atoms with Gasteiger partial charge in [-0.15, -0.1) is 0 Å². The number of rotatable bonds is 73. The summed E-state index contributed by atoms with van der Waals surface area (Å²) in [6, 6.07) is 0. The maximum absolute atomic E-state index is 13.1. The number of hydrogen-bond donors (Lipinski definition) is 3. The molecule has 0 aromatic heterocycles. The Morgan fingerprint density at radius 2 is 0.500 bits per heavy atom. The second-order valence-corrected chi connectivity index (χ2v) is 28.8. The molecule has 0 aliphatic heterocycles. The Bertz CT molecular complexity index is 2730. The lowest BCUT2D eigenvalue weighted by Gasteiger charge is -2.21. The highest BCUT2D eigenvalue weighted by Crippen LogP contribution is 2.45. The third-order valence-electron chi connectivity index (χ3n) is 15.9. The van der Waals surface area contributed by atoms with Crippen molar-refractivity contribution in [2.45, 2.75) is 303 Å². The second-order valence-electron chi connectivity index (χ2n) is 25.9. The minimum atomic E-state index is -5.01. The van der Waals surface area contributed by atoms with E-state index < -0.39 is 97.5 Å². The molecule has 0 aromatic rings. The van der Waals surface area contributed by atoms with Gasteiger partial charge in [0.1, 0.15) is 19.3 Å². The van der Waals surface area contributed by atoms with Crippen LogP contribution in [0.1, 0.15) is 285 Å². The molecule has 5 unspecified atom stereocenters.